The van der Waals surface area contributed by atoms with E-state index < -0.39 is 0 Å². The van der Waals surface area contributed by atoms with Crippen molar-refractivity contribution in [1.82, 2.24) is 4.90 Å². The summed E-state index contributed by atoms with van der Waals surface area (Å²) in [6, 6.07) is 0.894. The lowest BCUT2D eigenvalue weighted by Crippen LogP contribution is -2.48. The monoisotopic (exact) mass is 185 g/mol. The number of hydrogen-bond acceptors (Lipinski definition) is 2. The van der Waals surface area contributed by atoms with E-state index in [-0.39, 0.29) is 0 Å². The van der Waals surface area contributed by atoms with Gasteiger partial charge < -0.3 is 4.90 Å². The molecule has 2 fully saturated rings. The molecule has 70 valence electrons. The maximum Gasteiger partial charge on any atom is 0.0131 e. The van der Waals surface area contributed by atoms with Gasteiger partial charge in [0.2, 0.25) is 0 Å². The second-order valence-corrected chi connectivity index (χ2v) is 4.55. The zero-order valence-electron chi connectivity index (χ0n) is 7.71. The van der Waals surface area contributed by atoms with E-state index in [9.17, 15) is 0 Å². The number of fused-ring (bicyclic) bond motifs is 1. The highest BCUT2D eigenvalue weighted by Gasteiger charge is 2.31. The van der Waals surface area contributed by atoms with Crippen LogP contribution in [-0.2, 0) is 0 Å². The fourth-order valence-electron chi connectivity index (χ4n) is 2.79. The van der Waals surface area contributed by atoms with Gasteiger partial charge in [0.05, 0.1) is 0 Å². The van der Waals surface area contributed by atoms with Gasteiger partial charge in [-0.1, -0.05) is 6.42 Å². The Morgan fingerprint density at radius 3 is 2.75 bits per heavy atom. The summed E-state index contributed by atoms with van der Waals surface area (Å²) < 4.78 is 0. The summed E-state index contributed by atoms with van der Waals surface area (Å²) in [5.41, 5.74) is 0. The van der Waals surface area contributed by atoms with E-state index in [0.717, 1.165) is 17.7 Å². The van der Waals surface area contributed by atoms with Crippen LogP contribution in [0.2, 0.25) is 0 Å². The molecule has 0 amide bonds. The zero-order chi connectivity index (χ0) is 8.39. The van der Waals surface area contributed by atoms with E-state index >= 15 is 0 Å². The van der Waals surface area contributed by atoms with Gasteiger partial charge in [0.25, 0.3) is 0 Å². The van der Waals surface area contributed by atoms with Crippen LogP contribution in [0.4, 0.5) is 0 Å². The SMILES string of the molecule is SC[C@H]1CCCN2CCCC[C@H]12. The Bertz CT molecular complexity index is 140. The molecule has 0 N–H and O–H groups in total. The van der Waals surface area contributed by atoms with Crippen molar-refractivity contribution in [2.24, 2.45) is 5.92 Å². The Morgan fingerprint density at radius 1 is 1.08 bits per heavy atom. The molecule has 0 aromatic heterocycles. The molecule has 0 bridgehead atoms. The molecular weight excluding hydrogens is 166 g/mol. The second-order valence-electron chi connectivity index (χ2n) is 4.18. The molecule has 2 aliphatic heterocycles. The molecule has 2 heterocycles. The molecule has 12 heavy (non-hydrogen) atoms. The van der Waals surface area contributed by atoms with Gasteiger partial charge in [-0.15, -0.1) is 0 Å². The van der Waals surface area contributed by atoms with E-state index in [1.807, 2.05) is 0 Å². The normalized spacial score (nSPS) is 37.8. The van der Waals surface area contributed by atoms with E-state index in [2.05, 4.69) is 17.5 Å². The van der Waals surface area contributed by atoms with Crippen LogP contribution in [0.15, 0.2) is 0 Å². The van der Waals surface area contributed by atoms with Crippen LogP contribution >= 0.6 is 12.6 Å². The van der Waals surface area contributed by atoms with Gasteiger partial charge in [-0.25, -0.2) is 0 Å². The smallest absolute Gasteiger partial charge is 0.0131 e. The number of piperidine rings is 2. The molecular formula is C10H19NS. The first-order valence-corrected chi connectivity index (χ1v) is 5.90. The van der Waals surface area contributed by atoms with Gasteiger partial charge in [-0.2, -0.15) is 12.6 Å². The van der Waals surface area contributed by atoms with Gasteiger partial charge in [0, 0.05) is 6.04 Å². The third kappa shape index (κ3) is 1.64. The van der Waals surface area contributed by atoms with Crippen LogP contribution in [-0.4, -0.2) is 29.8 Å². The molecule has 0 spiro atoms. The minimum absolute atomic E-state index is 0.891. The molecule has 1 nitrogen and oxygen atoms in total. The summed E-state index contributed by atoms with van der Waals surface area (Å²) in [6.07, 6.45) is 7.14. The number of thiol groups is 1. The lowest BCUT2D eigenvalue weighted by atomic mass is 9.85. The Morgan fingerprint density at radius 2 is 1.92 bits per heavy atom. The number of rotatable bonds is 1. The van der Waals surface area contributed by atoms with Crippen LogP contribution in [0.3, 0.4) is 0 Å². The van der Waals surface area contributed by atoms with Crippen molar-refractivity contribution >= 4 is 12.6 Å². The summed E-state index contributed by atoms with van der Waals surface area (Å²) in [4.78, 5) is 2.70. The van der Waals surface area contributed by atoms with E-state index in [1.54, 1.807) is 0 Å². The second kappa shape index (κ2) is 4.01. The van der Waals surface area contributed by atoms with Gasteiger partial charge in [0.15, 0.2) is 0 Å². The molecule has 0 aromatic carbocycles. The summed E-state index contributed by atoms with van der Waals surface area (Å²) in [5.74, 6) is 1.99. The van der Waals surface area contributed by atoms with Crippen molar-refractivity contribution in [2.45, 2.75) is 38.1 Å². The highest BCUT2D eigenvalue weighted by Crippen LogP contribution is 2.31. The zero-order valence-corrected chi connectivity index (χ0v) is 8.60. The van der Waals surface area contributed by atoms with Crippen molar-refractivity contribution in [3.05, 3.63) is 0 Å². The van der Waals surface area contributed by atoms with E-state index in [0.29, 0.717) is 0 Å². The molecule has 2 heteroatoms. The van der Waals surface area contributed by atoms with Crippen molar-refractivity contribution in [3.8, 4) is 0 Å². The Kier molecular flexibility index (Phi) is 2.97. The topological polar surface area (TPSA) is 3.24 Å². The van der Waals surface area contributed by atoms with E-state index in [4.69, 9.17) is 0 Å². The highest BCUT2D eigenvalue weighted by molar-refractivity contribution is 7.80. The third-order valence-corrected chi connectivity index (χ3v) is 3.93. The molecule has 0 aromatic rings. The lowest BCUT2D eigenvalue weighted by molar-refractivity contribution is 0.0694. The molecule has 2 atom stereocenters. The van der Waals surface area contributed by atoms with Gasteiger partial charge in [-0.3, -0.25) is 0 Å². The third-order valence-electron chi connectivity index (χ3n) is 3.46. The van der Waals surface area contributed by atoms with Gasteiger partial charge in [0.1, 0.15) is 0 Å². The first kappa shape index (κ1) is 8.89. The fraction of sp³-hybridized carbons (Fsp3) is 1.00. The van der Waals surface area contributed by atoms with Gasteiger partial charge >= 0.3 is 0 Å². The van der Waals surface area contributed by atoms with Crippen molar-refractivity contribution in [1.29, 1.82) is 0 Å². The number of nitrogens with zero attached hydrogens (tertiary/aromatic N) is 1. The van der Waals surface area contributed by atoms with Crippen LogP contribution in [0.1, 0.15) is 32.1 Å². The average Bonchev–Trinajstić information content (AvgIpc) is 2.17. The maximum atomic E-state index is 4.45. The summed E-state index contributed by atoms with van der Waals surface area (Å²) in [5, 5.41) is 0. The predicted octanol–water partition coefficient (Wildman–Crippen LogP) is 2.18. The molecule has 0 aliphatic carbocycles. The Balaban J connectivity index is 1.99. The average molecular weight is 185 g/mol. The molecule has 2 rings (SSSR count). The molecule has 0 unspecified atom stereocenters. The Labute approximate surface area is 80.9 Å². The summed E-state index contributed by atoms with van der Waals surface area (Å²) >= 11 is 4.45. The Hall–Kier alpha value is 0.310. The predicted molar refractivity (Wildman–Crippen MR) is 55.8 cm³/mol. The molecule has 0 radical (unpaired) electrons. The van der Waals surface area contributed by atoms with Crippen molar-refractivity contribution in [2.75, 3.05) is 18.8 Å². The van der Waals surface area contributed by atoms with Crippen molar-refractivity contribution in [3.63, 3.8) is 0 Å². The summed E-state index contributed by atoms with van der Waals surface area (Å²) in [7, 11) is 0. The largest absolute Gasteiger partial charge is 0.300 e. The highest BCUT2D eigenvalue weighted by atomic mass is 32.1. The molecule has 0 saturated carbocycles. The first-order chi connectivity index (χ1) is 5.92. The minimum atomic E-state index is 0.891. The van der Waals surface area contributed by atoms with Crippen LogP contribution in [0.25, 0.3) is 0 Å². The number of hydrogen-bond donors (Lipinski definition) is 1. The lowest BCUT2D eigenvalue weighted by Gasteiger charge is -2.44. The van der Waals surface area contributed by atoms with Gasteiger partial charge in [-0.05, 0) is 50.4 Å². The maximum absolute atomic E-state index is 4.45. The fourth-order valence-corrected chi connectivity index (χ4v) is 3.22. The van der Waals surface area contributed by atoms with Crippen molar-refractivity contribution < 1.29 is 0 Å². The van der Waals surface area contributed by atoms with E-state index in [1.165, 1.54) is 45.2 Å². The first-order valence-electron chi connectivity index (χ1n) is 5.26. The quantitative estimate of drug-likeness (QED) is 0.613. The summed E-state index contributed by atoms with van der Waals surface area (Å²) in [6.45, 7) is 2.71. The van der Waals surface area contributed by atoms with Crippen LogP contribution in [0, 0.1) is 5.92 Å². The molecule has 2 aliphatic rings. The minimum Gasteiger partial charge on any atom is -0.300 e. The molecule has 2 saturated heterocycles. The van der Waals surface area contributed by atoms with Crippen LogP contribution in [0.5, 0.6) is 0 Å². The van der Waals surface area contributed by atoms with Crippen LogP contribution < -0.4 is 0 Å². The standard InChI is InChI=1S/C10H19NS/c12-8-9-4-3-7-11-6-2-1-5-10(9)11/h9-10,12H,1-8H2/t9-,10-/m1/s1.